The third-order valence-corrected chi connectivity index (χ3v) is 4.49. The van der Waals surface area contributed by atoms with Gasteiger partial charge in [-0.25, -0.2) is 4.79 Å². The molecule has 19 heavy (non-hydrogen) atoms. The van der Waals surface area contributed by atoms with Crippen LogP contribution in [-0.4, -0.2) is 41.6 Å². The number of nitrogens with one attached hydrogen (secondary N) is 1. The van der Waals surface area contributed by atoms with E-state index < -0.39 is 11.4 Å². The zero-order valence-corrected chi connectivity index (χ0v) is 11.5. The second-order valence-corrected chi connectivity index (χ2v) is 5.85. The number of carboxylic acid groups (broad SMARTS) is 1. The molecule has 108 valence electrons. The highest BCUT2D eigenvalue weighted by molar-refractivity contribution is 5.78. The number of aliphatic carboxylic acids is 1. The van der Waals surface area contributed by atoms with Crippen molar-refractivity contribution in [1.29, 1.82) is 0 Å². The Kier molecular flexibility index (Phi) is 4.66. The van der Waals surface area contributed by atoms with Crippen molar-refractivity contribution >= 4 is 12.0 Å². The van der Waals surface area contributed by atoms with Crippen LogP contribution >= 0.6 is 0 Å². The van der Waals surface area contributed by atoms with Crippen LogP contribution in [0.3, 0.4) is 0 Å². The summed E-state index contributed by atoms with van der Waals surface area (Å²) < 4.78 is 0. The average molecular weight is 268 g/mol. The number of likely N-dealkylation sites (tertiary alicyclic amines) is 1. The van der Waals surface area contributed by atoms with E-state index in [1.807, 2.05) is 0 Å². The maximum atomic E-state index is 12.0. The van der Waals surface area contributed by atoms with Crippen molar-refractivity contribution in [3.8, 4) is 0 Å². The summed E-state index contributed by atoms with van der Waals surface area (Å²) in [5.41, 5.74) is -0.744. The Balaban J connectivity index is 1.92. The van der Waals surface area contributed by atoms with E-state index in [9.17, 15) is 14.7 Å². The van der Waals surface area contributed by atoms with Crippen LogP contribution in [0.5, 0.6) is 0 Å². The van der Waals surface area contributed by atoms with Crippen LogP contribution in [-0.2, 0) is 4.79 Å². The van der Waals surface area contributed by atoms with Crippen molar-refractivity contribution in [1.82, 2.24) is 10.2 Å². The van der Waals surface area contributed by atoms with E-state index in [-0.39, 0.29) is 12.6 Å². The zero-order valence-electron chi connectivity index (χ0n) is 11.5. The van der Waals surface area contributed by atoms with Crippen LogP contribution in [0.2, 0.25) is 0 Å². The van der Waals surface area contributed by atoms with Gasteiger partial charge < -0.3 is 15.3 Å². The molecule has 1 heterocycles. The van der Waals surface area contributed by atoms with Gasteiger partial charge in [0.05, 0.1) is 5.41 Å². The highest BCUT2D eigenvalue weighted by atomic mass is 16.4. The highest BCUT2D eigenvalue weighted by Crippen LogP contribution is 2.34. The van der Waals surface area contributed by atoms with E-state index in [4.69, 9.17) is 0 Å². The van der Waals surface area contributed by atoms with Crippen molar-refractivity contribution in [3.05, 3.63) is 0 Å². The molecule has 1 aliphatic carbocycles. The Morgan fingerprint density at radius 2 is 1.58 bits per heavy atom. The SMILES string of the molecule is O=C(NCC1(C(=O)O)CCCCCC1)N1CCCC1. The first-order valence-electron chi connectivity index (χ1n) is 7.40. The molecule has 0 spiro atoms. The van der Waals surface area contributed by atoms with Gasteiger partial charge in [-0.15, -0.1) is 0 Å². The summed E-state index contributed by atoms with van der Waals surface area (Å²) >= 11 is 0. The van der Waals surface area contributed by atoms with Crippen molar-refractivity contribution in [2.45, 2.75) is 51.4 Å². The zero-order chi connectivity index (χ0) is 13.7. The van der Waals surface area contributed by atoms with E-state index in [1.54, 1.807) is 4.90 Å². The number of amides is 2. The number of rotatable bonds is 3. The second kappa shape index (κ2) is 6.26. The van der Waals surface area contributed by atoms with Crippen molar-refractivity contribution in [2.24, 2.45) is 5.41 Å². The summed E-state index contributed by atoms with van der Waals surface area (Å²) in [7, 11) is 0. The Morgan fingerprint density at radius 1 is 1.00 bits per heavy atom. The fraction of sp³-hybridized carbons (Fsp3) is 0.857. The minimum atomic E-state index is -0.754. The average Bonchev–Trinajstić information content (AvgIpc) is 2.82. The van der Waals surface area contributed by atoms with Crippen LogP contribution in [0.25, 0.3) is 0 Å². The van der Waals surface area contributed by atoms with E-state index >= 15 is 0 Å². The lowest BCUT2D eigenvalue weighted by Gasteiger charge is -2.29. The molecule has 1 aliphatic heterocycles. The van der Waals surface area contributed by atoms with Crippen molar-refractivity contribution in [3.63, 3.8) is 0 Å². The number of nitrogens with zero attached hydrogens (tertiary/aromatic N) is 1. The first-order chi connectivity index (χ1) is 9.14. The van der Waals surface area contributed by atoms with Crippen LogP contribution in [0.15, 0.2) is 0 Å². The molecule has 2 aliphatic rings. The maximum absolute atomic E-state index is 12.0. The molecule has 0 radical (unpaired) electrons. The van der Waals surface area contributed by atoms with Gasteiger partial charge in [-0.05, 0) is 25.7 Å². The van der Waals surface area contributed by atoms with Gasteiger partial charge >= 0.3 is 12.0 Å². The molecule has 2 amide bonds. The van der Waals surface area contributed by atoms with Gasteiger partial charge in [0.2, 0.25) is 0 Å². The Hall–Kier alpha value is -1.26. The molecule has 0 bridgehead atoms. The Morgan fingerprint density at radius 3 is 2.11 bits per heavy atom. The largest absolute Gasteiger partial charge is 0.481 e. The lowest BCUT2D eigenvalue weighted by Crippen LogP contribution is -2.46. The molecular weight excluding hydrogens is 244 g/mol. The highest BCUT2D eigenvalue weighted by Gasteiger charge is 2.39. The summed E-state index contributed by atoms with van der Waals surface area (Å²) in [6.07, 6.45) is 7.59. The normalized spacial score (nSPS) is 22.8. The standard InChI is InChI=1S/C14H24N2O3/c17-12(18)14(7-3-1-2-4-8-14)11-15-13(19)16-9-5-6-10-16/h1-11H2,(H,15,19)(H,17,18). The Labute approximate surface area is 114 Å². The number of carboxylic acids is 1. The molecule has 1 saturated heterocycles. The van der Waals surface area contributed by atoms with E-state index in [0.717, 1.165) is 51.6 Å². The van der Waals surface area contributed by atoms with Crippen molar-refractivity contribution in [2.75, 3.05) is 19.6 Å². The molecule has 2 N–H and O–H groups in total. The maximum Gasteiger partial charge on any atom is 0.317 e. The monoisotopic (exact) mass is 268 g/mol. The summed E-state index contributed by atoms with van der Waals surface area (Å²) in [6, 6.07) is -0.0950. The number of urea groups is 1. The molecule has 0 atom stereocenters. The van der Waals surface area contributed by atoms with Crippen LogP contribution in [0, 0.1) is 5.41 Å². The molecular formula is C14H24N2O3. The van der Waals surface area contributed by atoms with Gasteiger partial charge in [0, 0.05) is 19.6 Å². The molecule has 5 nitrogen and oxygen atoms in total. The molecule has 0 aromatic rings. The summed E-state index contributed by atoms with van der Waals surface area (Å²) in [5.74, 6) is -0.754. The topological polar surface area (TPSA) is 69.6 Å². The summed E-state index contributed by atoms with van der Waals surface area (Å²) in [6.45, 7) is 1.87. The number of carbonyl (C=O) groups excluding carboxylic acids is 1. The predicted molar refractivity (Wildman–Crippen MR) is 72.0 cm³/mol. The summed E-state index contributed by atoms with van der Waals surface area (Å²) in [5, 5.41) is 12.4. The quantitative estimate of drug-likeness (QED) is 0.771. The minimum Gasteiger partial charge on any atom is -0.481 e. The molecule has 1 saturated carbocycles. The Bertz CT molecular complexity index is 330. The molecule has 5 heteroatoms. The minimum absolute atomic E-state index is 0.0950. The fourth-order valence-corrected chi connectivity index (χ4v) is 3.15. The first kappa shape index (κ1) is 14.2. The summed E-state index contributed by atoms with van der Waals surface area (Å²) in [4.78, 5) is 25.3. The van der Waals surface area contributed by atoms with Crippen LogP contribution in [0.4, 0.5) is 4.79 Å². The molecule has 0 aromatic carbocycles. The fourth-order valence-electron chi connectivity index (χ4n) is 3.15. The third kappa shape index (κ3) is 3.39. The lowest BCUT2D eigenvalue weighted by atomic mass is 9.80. The van der Waals surface area contributed by atoms with Gasteiger partial charge in [-0.2, -0.15) is 0 Å². The van der Waals surface area contributed by atoms with Gasteiger partial charge in [0.1, 0.15) is 0 Å². The van der Waals surface area contributed by atoms with Gasteiger partial charge in [-0.3, -0.25) is 4.79 Å². The molecule has 0 unspecified atom stereocenters. The number of hydrogen-bond acceptors (Lipinski definition) is 2. The van der Waals surface area contributed by atoms with Gasteiger partial charge in [-0.1, -0.05) is 25.7 Å². The third-order valence-electron chi connectivity index (χ3n) is 4.49. The van der Waals surface area contributed by atoms with E-state index in [2.05, 4.69) is 5.32 Å². The molecule has 2 rings (SSSR count). The van der Waals surface area contributed by atoms with Crippen LogP contribution in [0.1, 0.15) is 51.4 Å². The van der Waals surface area contributed by atoms with Crippen molar-refractivity contribution < 1.29 is 14.7 Å². The number of carbonyl (C=O) groups is 2. The van der Waals surface area contributed by atoms with Gasteiger partial charge in [0.25, 0.3) is 0 Å². The molecule has 0 aromatic heterocycles. The van der Waals surface area contributed by atoms with Gasteiger partial charge in [0.15, 0.2) is 0 Å². The second-order valence-electron chi connectivity index (χ2n) is 5.85. The van der Waals surface area contributed by atoms with E-state index in [1.165, 1.54) is 0 Å². The lowest BCUT2D eigenvalue weighted by molar-refractivity contribution is -0.149. The van der Waals surface area contributed by atoms with E-state index in [0.29, 0.717) is 12.8 Å². The smallest absolute Gasteiger partial charge is 0.317 e. The number of hydrogen-bond donors (Lipinski definition) is 2. The molecule has 2 fully saturated rings. The first-order valence-corrected chi connectivity index (χ1v) is 7.40. The van der Waals surface area contributed by atoms with Crippen LogP contribution < -0.4 is 5.32 Å². The predicted octanol–water partition coefficient (Wildman–Crippen LogP) is 2.22.